The summed E-state index contributed by atoms with van der Waals surface area (Å²) in [4.78, 5) is 11.6. The van der Waals surface area contributed by atoms with Crippen molar-refractivity contribution in [2.45, 2.75) is 6.61 Å². The summed E-state index contributed by atoms with van der Waals surface area (Å²) in [6.07, 6.45) is 0. The van der Waals surface area contributed by atoms with E-state index in [1.807, 2.05) is 42.5 Å². The van der Waals surface area contributed by atoms with E-state index in [2.05, 4.69) is 22.6 Å². The Labute approximate surface area is 125 Å². The molecule has 2 aromatic carbocycles. The van der Waals surface area contributed by atoms with Crippen LogP contribution in [0.1, 0.15) is 15.9 Å². The number of rotatable bonds is 4. The van der Waals surface area contributed by atoms with E-state index >= 15 is 0 Å². The molecular formula is C15H13IO3. The molecule has 0 atom stereocenters. The highest BCUT2D eigenvalue weighted by Gasteiger charge is 2.11. The zero-order valence-electron chi connectivity index (χ0n) is 10.4. The number of hydrogen-bond donors (Lipinski definition) is 0. The largest absolute Gasteiger partial charge is 0.488 e. The molecule has 0 radical (unpaired) electrons. The van der Waals surface area contributed by atoms with Gasteiger partial charge in [0.1, 0.15) is 12.4 Å². The maximum absolute atomic E-state index is 11.6. The third kappa shape index (κ3) is 3.47. The molecule has 19 heavy (non-hydrogen) atoms. The molecule has 0 saturated heterocycles. The molecule has 0 aliphatic rings. The summed E-state index contributed by atoms with van der Waals surface area (Å²) >= 11 is 2.22. The molecule has 0 aliphatic carbocycles. The van der Waals surface area contributed by atoms with Gasteiger partial charge in [-0.1, -0.05) is 30.3 Å². The maximum atomic E-state index is 11.6. The van der Waals surface area contributed by atoms with Crippen molar-refractivity contribution in [3.63, 3.8) is 0 Å². The van der Waals surface area contributed by atoms with Crippen molar-refractivity contribution in [2.75, 3.05) is 7.11 Å². The van der Waals surface area contributed by atoms with E-state index in [0.717, 1.165) is 14.9 Å². The van der Waals surface area contributed by atoms with Crippen LogP contribution in [-0.4, -0.2) is 13.1 Å². The van der Waals surface area contributed by atoms with Crippen LogP contribution in [0, 0.1) is 3.57 Å². The average Bonchev–Trinajstić information content (AvgIpc) is 2.46. The number of methoxy groups -OCH3 is 1. The van der Waals surface area contributed by atoms with Crippen LogP contribution in [0.2, 0.25) is 0 Å². The highest BCUT2D eigenvalue weighted by atomic mass is 127. The summed E-state index contributed by atoms with van der Waals surface area (Å²) in [5.41, 5.74) is 1.35. The number of hydrogen-bond acceptors (Lipinski definition) is 3. The van der Waals surface area contributed by atoms with Gasteiger partial charge in [0, 0.05) is 5.56 Å². The first-order valence-corrected chi connectivity index (χ1v) is 6.84. The first-order valence-electron chi connectivity index (χ1n) is 5.76. The van der Waals surface area contributed by atoms with Gasteiger partial charge in [-0.2, -0.15) is 0 Å². The molecule has 0 aliphatic heterocycles. The molecule has 0 aromatic heterocycles. The van der Waals surface area contributed by atoms with Gasteiger partial charge < -0.3 is 9.47 Å². The van der Waals surface area contributed by atoms with Crippen molar-refractivity contribution in [1.29, 1.82) is 0 Å². The van der Waals surface area contributed by atoms with Gasteiger partial charge >= 0.3 is 5.97 Å². The van der Waals surface area contributed by atoms with E-state index in [9.17, 15) is 4.79 Å². The van der Waals surface area contributed by atoms with E-state index in [1.54, 1.807) is 6.07 Å². The van der Waals surface area contributed by atoms with Crippen LogP contribution in [0.25, 0.3) is 0 Å². The van der Waals surface area contributed by atoms with E-state index in [0.29, 0.717) is 12.2 Å². The highest BCUT2D eigenvalue weighted by molar-refractivity contribution is 14.1. The topological polar surface area (TPSA) is 35.5 Å². The Morgan fingerprint density at radius 1 is 1.11 bits per heavy atom. The Kier molecular flexibility index (Phi) is 4.79. The molecule has 0 amide bonds. The summed E-state index contributed by atoms with van der Waals surface area (Å²) in [7, 11) is 1.38. The molecule has 2 rings (SSSR count). The predicted octanol–water partition coefficient (Wildman–Crippen LogP) is 3.66. The summed E-state index contributed by atoms with van der Waals surface area (Å²) in [6, 6.07) is 15.0. The van der Waals surface area contributed by atoms with Gasteiger partial charge in [-0.3, -0.25) is 0 Å². The quantitative estimate of drug-likeness (QED) is 0.611. The van der Waals surface area contributed by atoms with Crippen LogP contribution >= 0.6 is 22.6 Å². The zero-order valence-corrected chi connectivity index (χ0v) is 12.6. The van der Waals surface area contributed by atoms with Gasteiger partial charge in [0.15, 0.2) is 0 Å². The van der Waals surface area contributed by atoms with Crippen molar-refractivity contribution < 1.29 is 14.3 Å². The smallest absolute Gasteiger partial charge is 0.338 e. The van der Waals surface area contributed by atoms with Crippen molar-refractivity contribution in [1.82, 2.24) is 0 Å². The van der Waals surface area contributed by atoms with Gasteiger partial charge in [-0.05, 0) is 40.8 Å². The molecule has 0 saturated carbocycles. The lowest BCUT2D eigenvalue weighted by atomic mass is 10.1. The number of ether oxygens (including phenoxy) is 2. The molecule has 0 spiro atoms. The molecule has 0 fully saturated rings. The molecule has 2 aromatic rings. The third-order valence-electron chi connectivity index (χ3n) is 2.64. The van der Waals surface area contributed by atoms with Gasteiger partial charge in [0.2, 0.25) is 0 Å². The summed E-state index contributed by atoms with van der Waals surface area (Å²) in [5.74, 6) is 0.463. The van der Waals surface area contributed by atoms with Crippen LogP contribution in [0.5, 0.6) is 5.75 Å². The minimum atomic E-state index is -0.345. The molecular weight excluding hydrogens is 355 g/mol. The minimum Gasteiger partial charge on any atom is -0.488 e. The van der Waals surface area contributed by atoms with Crippen molar-refractivity contribution in [3.05, 3.63) is 63.2 Å². The fourth-order valence-corrected chi connectivity index (χ4v) is 2.22. The molecule has 0 heterocycles. The monoisotopic (exact) mass is 368 g/mol. The molecule has 98 valence electrons. The number of carbonyl (C=O) groups is 1. The first kappa shape index (κ1) is 13.9. The molecule has 4 heteroatoms. The van der Waals surface area contributed by atoms with Crippen LogP contribution in [0.4, 0.5) is 0 Å². The number of benzene rings is 2. The third-order valence-corrected chi connectivity index (χ3v) is 3.53. The van der Waals surface area contributed by atoms with E-state index < -0.39 is 0 Å². The predicted molar refractivity (Wildman–Crippen MR) is 81.3 cm³/mol. The van der Waals surface area contributed by atoms with Crippen molar-refractivity contribution in [2.24, 2.45) is 0 Å². The Morgan fingerprint density at radius 3 is 2.53 bits per heavy atom. The maximum Gasteiger partial charge on any atom is 0.338 e. The Bertz CT molecular complexity index is 581. The second kappa shape index (κ2) is 6.56. The summed E-state index contributed by atoms with van der Waals surface area (Å²) in [5, 5.41) is 0. The second-order valence-corrected chi connectivity index (χ2v) is 5.03. The SMILES string of the molecule is COC(=O)c1ccccc1COc1ccccc1I. The lowest BCUT2D eigenvalue weighted by Gasteiger charge is -2.10. The van der Waals surface area contributed by atoms with E-state index in [1.165, 1.54) is 7.11 Å². The second-order valence-electron chi connectivity index (χ2n) is 3.87. The number of halogens is 1. The van der Waals surface area contributed by atoms with Crippen LogP contribution in [-0.2, 0) is 11.3 Å². The number of esters is 1. The lowest BCUT2D eigenvalue weighted by molar-refractivity contribution is 0.0597. The summed E-state index contributed by atoms with van der Waals surface area (Å²) in [6.45, 7) is 0.339. The Morgan fingerprint density at radius 2 is 1.79 bits per heavy atom. The summed E-state index contributed by atoms with van der Waals surface area (Å²) < 4.78 is 11.5. The first-order chi connectivity index (χ1) is 9.22. The van der Waals surface area contributed by atoms with E-state index in [4.69, 9.17) is 9.47 Å². The fraction of sp³-hybridized carbons (Fsp3) is 0.133. The van der Waals surface area contributed by atoms with E-state index in [-0.39, 0.29) is 5.97 Å². The van der Waals surface area contributed by atoms with Gasteiger partial charge in [0.25, 0.3) is 0 Å². The van der Waals surface area contributed by atoms with Gasteiger partial charge in [0.05, 0.1) is 16.2 Å². The van der Waals surface area contributed by atoms with Crippen LogP contribution in [0.15, 0.2) is 48.5 Å². The Hall–Kier alpha value is -1.56. The van der Waals surface area contributed by atoms with Crippen LogP contribution < -0.4 is 4.74 Å². The lowest BCUT2D eigenvalue weighted by Crippen LogP contribution is -2.08. The van der Waals surface area contributed by atoms with Crippen LogP contribution in [0.3, 0.4) is 0 Å². The minimum absolute atomic E-state index is 0.339. The molecule has 0 unspecified atom stereocenters. The number of para-hydroxylation sites is 1. The Balaban J connectivity index is 2.16. The highest BCUT2D eigenvalue weighted by Crippen LogP contribution is 2.21. The van der Waals surface area contributed by atoms with Gasteiger partial charge in [-0.15, -0.1) is 0 Å². The zero-order chi connectivity index (χ0) is 13.7. The fourth-order valence-electron chi connectivity index (χ4n) is 1.67. The normalized spacial score (nSPS) is 10.0. The molecule has 0 bridgehead atoms. The average molecular weight is 368 g/mol. The standard InChI is InChI=1S/C15H13IO3/c1-18-15(17)12-7-3-2-6-11(12)10-19-14-9-5-4-8-13(14)16/h2-9H,10H2,1H3. The van der Waals surface area contributed by atoms with Gasteiger partial charge in [-0.25, -0.2) is 4.79 Å². The van der Waals surface area contributed by atoms with Crippen molar-refractivity contribution in [3.8, 4) is 5.75 Å². The van der Waals surface area contributed by atoms with Crippen molar-refractivity contribution >= 4 is 28.6 Å². The molecule has 3 nitrogen and oxygen atoms in total. The number of carbonyl (C=O) groups excluding carboxylic acids is 1. The molecule has 0 N–H and O–H groups in total.